The first-order chi connectivity index (χ1) is 9.45. The van der Waals surface area contributed by atoms with Gasteiger partial charge in [-0.15, -0.1) is 0 Å². The zero-order chi connectivity index (χ0) is 14.8. The average Bonchev–Trinajstić information content (AvgIpc) is 2.63. The topological polar surface area (TPSA) is 63.4 Å². The number of hydrogen-bond donors (Lipinski definition) is 1. The van der Waals surface area contributed by atoms with E-state index in [1.807, 2.05) is 0 Å². The zero-order valence-electron chi connectivity index (χ0n) is 11.7. The minimum atomic E-state index is -3.52. The highest BCUT2D eigenvalue weighted by Crippen LogP contribution is 2.29. The van der Waals surface area contributed by atoms with Crippen molar-refractivity contribution >= 4 is 27.3 Å². The lowest BCUT2D eigenvalue weighted by Crippen LogP contribution is -2.32. The molecule has 6 heteroatoms. The molecule has 0 amide bonds. The standard InChI is InChI=1S/C14H21ClN2O2S/c1-2-11-4-3-8-17(9-7-11)20(18,19)14-6-5-12(16)10-13(14)15/h5-6,10-11H,2-4,7-9,16H2,1H3. The Morgan fingerprint density at radius 3 is 2.75 bits per heavy atom. The van der Waals surface area contributed by atoms with E-state index in [0.717, 1.165) is 25.7 Å². The molecule has 2 rings (SSSR count). The number of nitrogens with two attached hydrogens (primary N) is 1. The van der Waals surface area contributed by atoms with Crippen molar-refractivity contribution in [2.45, 2.75) is 37.5 Å². The molecule has 2 N–H and O–H groups in total. The van der Waals surface area contributed by atoms with Gasteiger partial charge in [0.15, 0.2) is 0 Å². The summed E-state index contributed by atoms with van der Waals surface area (Å²) >= 11 is 6.04. The molecule has 0 aliphatic carbocycles. The van der Waals surface area contributed by atoms with Gasteiger partial charge in [0, 0.05) is 18.8 Å². The number of hydrogen-bond acceptors (Lipinski definition) is 3. The summed E-state index contributed by atoms with van der Waals surface area (Å²) in [6.07, 6.45) is 4.03. The molecule has 0 saturated carbocycles. The van der Waals surface area contributed by atoms with Crippen molar-refractivity contribution in [1.29, 1.82) is 0 Å². The van der Waals surface area contributed by atoms with Crippen LogP contribution in [0.25, 0.3) is 0 Å². The molecule has 1 aliphatic heterocycles. The van der Waals surface area contributed by atoms with Crippen molar-refractivity contribution in [1.82, 2.24) is 4.31 Å². The predicted octanol–water partition coefficient (Wildman–Crippen LogP) is 3.12. The number of benzene rings is 1. The maximum absolute atomic E-state index is 12.7. The Balaban J connectivity index is 2.25. The van der Waals surface area contributed by atoms with Gasteiger partial charge in [0.25, 0.3) is 0 Å². The van der Waals surface area contributed by atoms with Gasteiger partial charge in [-0.1, -0.05) is 24.9 Å². The Kier molecular flexibility index (Phi) is 4.94. The van der Waals surface area contributed by atoms with E-state index in [0.29, 0.717) is 24.7 Å². The van der Waals surface area contributed by atoms with Gasteiger partial charge in [-0.05, 0) is 43.4 Å². The molecule has 1 fully saturated rings. The van der Waals surface area contributed by atoms with E-state index < -0.39 is 10.0 Å². The summed E-state index contributed by atoms with van der Waals surface area (Å²) in [7, 11) is -3.52. The summed E-state index contributed by atoms with van der Waals surface area (Å²) in [4.78, 5) is 0.156. The molecule has 1 heterocycles. The molecule has 1 atom stereocenters. The van der Waals surface area contributed by atoms with Crippen LogP contribution in [0, 0.1) is 5.92 Å². The summed E-state index contributed by atoms with van der Waals surface area (Å²) in [5.74, 6) is 0.622. The molecule has 4 nitrogen and oxygen atoms in total. The van der Waals surface area contributed by atoms with Gasteiger partial charge < -0.3 is 5.73 Å². The number of halogens is 1. The van der Waals surface area contributed by atoms with Gasteiger partial charge in [-0.2, -0.15) is 4.31 Å². The van der Waals surface area contributed by atoms with Crippen LogP contribution in [0.5, 0.6) is 0 Å². The Morgan fingerprint density at radius 2 is 2.10 bits per heavy atom. The Bertz CT molecular complexity index is 575. The largest absolute Gasteiger partial charge is 0.399 e. The summed E-state index contributed by atoms with van der Waals surface area (Å²) in [5, 5.41) is 0.196. The maximum atomic E-state index is 12.7. The summed E-state index contributed by atoms with van der Waals surface area (Å²) < 4.78 is 26.9. The van der Waals surface area contributed by atoms with Crippen molar-refractivity contribution in [2.24, 2.45) is 5.92 Å². The lowest BCUT2D eigenvalue weighted by Gasteiger charge is -2.21. The van der Waals surface area contributed by atoms with E-state index in [-0.39, 0.29) is 9.92 Å². The quantitative estimate of drug-likeness (QED) is 0.871. The summed E-state index contributed by atoms with van der Waals surface area (Å²) in [5.41, 5.74) is 6.09. The lowest BCUT2D eigenvalue weighted by atomic mass is 9.98. The fraction of sp³-hybridized carbons (Fsp3) is 0.571. The lowest BCUT2D eigenvalue weighted by molar-refractivity contribution is 0.407. The van der Waals surface area contributed by atoms with Crippen LogP contribution in [0.15, 0.2) is 23.1 Å². The molecule has 0 aromatic heterocycles. The molecule has 1 saturated heterocycles. The van der Waals surface area contributed by atoms with Crippen molar-refractivity contribution < 1.29 is 8.42 Å². The zero-order valence-corrected chi connectivity index (χ0v) is 13.3. The molecule has 0 spiro atoms. The first-order valence-electron chi connectivity index (χ1n) is 7.00. The van der Waals surface area contributed by atoms with Crippen molar-refractivity contribution in [3.63, 3.8) is 0 Å². The first kappa shape index (κ1) is 15.6. The normalized spacial score (nSPS) is 21.6. The number of anilines is 1. The highest BCUT2D eigenvalue weighted by atomic mass is 35.5. The summed E-state index contributed by atoms with van der Waals surface area (Å²) in [6.45, 7) is 3.30. The third kappa shape index (κ3) is 3.27. The van der Waals surface area contributed by atoms with Gasteiger partial charge in [0.05, 0.1) is 5.02 Å². The second-order valence-electron chi connectivity index (χ2n) is 5.30. The molecule has 20 heavy (non-hydrogen) atoms. The van der Waals surface area contributed by atoms with Gasteiger partial charge in [-0.3, -0.25) is 0 Å². The summed E-state index contributed by atoms with van der Waals surface area (Å²) in [6, 6.07) is 4.56. The van der Waals surface area contributed by atoms with Gasteiger partial charge in [-0.25, -0.2) is 8.42 Å². The molecular weight excluding hydrogens is 296 g/mol. The van der Waals surface area contributed by atoms with Crippen LogP contribution in [0.3, 0.4) is 0 Å². The monoisotopic (exact) mass is 316 g/mol. The van der Waals surface area contributed by atoms with E-state index in [1.54, 1.807) is 10.4 Å². The van der Waals surface area contributed by atoms with E-state index in [9.17, 15) is 8.42 Å². The van der Waals surface area contributed by atoms with Gasteiger partial charge in [0.2, 0.25) is 10.0 Å². The van der Waals surface area contributed by atoms with Crippen LogP contribution in [-0.4, -0.2) is 25.8 Å². The molecule has 1 aliphatic rings. The van der Waals surface area contributed by atoms with Crippen LogP contribution >= 0.6 is 11.6 Å². The van der Waals surface area contributed by atoms with Gasteiger partial charge >= 0.3 is 0 Å². The molecule has 1 aromatic carbocycles. The number of nitrogens with zero attached hydrogens (tertiary/aromatic N) is 1. The fourth-order valence-electron chi connectivity index (χ4n) is 2.65. The molecule has 112 valence electrons. The Hall–Kier alpha value is -0.780. The average molecular weight is 317 g/mol. The van der Waals surface area contributed by atoms with Crippen LogP contribution in [-0.2, 0) is 10.0 Å². The molecule has 1 unspecified atom stereocenters. The smallest absolute Gasteiger partial charge is 0.244 e. The highest BCUT2D eigenvalue weighted by molar-refractivity contribution is 7.89. The molecule has 0 radical (unpaired) electrons. The third-order valence-electron chi connectivity index (χ3n) is 3.96. The van der Waals surface area contributed by atoms with Crippen molar-refractivity contribution in [3.8, 4) is 0 Å². The Morgan fingerprint density at radius 1 is 1.35 bits per heavy atom. The SMILES string of the molecule is CCC1CCCN(S(=O)(=O)c2ccc(N)cc2Cl)CC1. The van der Waals surface area contributed by atoms with Crippen LogP contribution in [0.4, 0.5) is 5.69 Å². The minimum absolute atomic E-state index is 0.156. The van der Waals surface area contributed by atoms with Crippen LogP contribution in [0.1, 0.15) is 32.6 Å². The van der Waals surface area contributed by atoms with Crippen molar-refractivity contribution in [2.75, 3.05) is 18.8 Å². The molecule has 0 bridgehead atoms. The first-order valence-corrected chi connectivity index (χ1v) is 8.82. The van der Waals surface area contributed by atoms with E-state index in [2.05, 4.69) is 6.92 Å². The second kappa shape index (κ2) is 6.33. The fourth-order valence-corrected chi connectivity index (χ4v) is 4.67. The number of rotatable bonds is 3. The highest BCUT2D eigenvalue weighted by Gasteiger charge is 2.28. The Labute approximate surface area is 126 Å². The van der Waals surface area contributed by atoms with E-state index in [1.165, 1.54) is 12.1 Å². The number of sulfonamides is 1. The third-order valence-corrected chi connectivity index (χ3v) is 6.34. The maximum Gasteiger partial charge on any atom is 0.244 e. The van der Waals surface area contributed by atoms with Crippen LogP contribution < -0.4 is 5.73 Å². The van der Waals surface area contributed by atoms with Crippen molar-refractivity contribution in [3.05, 3.63) is 23.2 Å². The number of nitrogen functional groups attached to an aromatic ring is 1. The second-order valence-corrected chi connectivity index (χ2v) is 7.61. The molecule has 1 aromatic rings. The van der Waals surface area contributed by atoms with Crippen LogP contribution in [0.2, 0.25) is 5.02 Å². The van der Waals surface area contributed by atoms with E-state index in [4.69, 9.17) is 17.3 Å². The van der Waals surface area contributed by atoms with E-state index >= 15 is 0 Å². The minimum Gasteiger partial charge on any atom is -0.399 e. The predicted molar refractivity (Wildman–Crippen MR) is 82.3 cm³/mol. The molecular formula is C14H21ClN2O2S. The van der Waals surface area contributed by atoms with Gasteiger partial charge in [0.1, 0.15) is 4.90 Å².